The highest BCUT2D eigenvalue weighted by Gasteiger charge is 1.80. The molecule has 0 aromatic rings. The summed E-state index contributed by atoms with van der Waals surface area (Å²) in [6, 6.07) is 0. The summed E-state index contributed by atoms with van der Waals surface area (Å²) in [5, 5.41) is 10.7. The predicted octanol–water partition coefficient (Wildman–Crippen LogP) is 0.360. The Bertz CT molecular complexity index is 129. The molecule has 0 radical (unpaired) electrons. The van der Waals surface area contributed by atoms with E-state index in [1.54, 1.807) is 6.08 Å². The zero-order chi connectivity index (χ0) is 7.11. The first kappa shape index (κ1) is 7.75. The maximum Gasteiger partial charge on any atom is 0.329 e. The van der Waals surface area contributed by atoms with Crippen molar-refractivity contribution in [3.05, 3.63) is 24.9 Å². The summed E-state index contributed by atoms with van der Waals surface area (Å²) >= 11 is 0. The van der Waals surface area contributed by atoms with Crippen LogP contribution in [-0.2, 0) is 4.79 Å². The van der Waals surface area contributed by atoms with Gasteiger partial charge in [-0.15, -0.1) is 6.58 Å². The minimum absolute atomic E-state index is 0.587. The third kappa shape index (κ3) is 6.75. The average Bonchev–Trinajstić information content (AvgIpc) is 1.80. The van der Waals surface area contributed by atoms with Gasteiger partial charge in [-0.2, -0.15) is 0 Å². The first-order valence-electron chi connectivity index (χ1n) is 2.51. The lowest BCUT2D eigenvalue weighted by Gasteiger charge is -1.88. The van der Waals surface area contributed by atoms with Crippen molar-refractivity contribution >= 4 is 5.97 Å². The lowest BCUT2D eigenvalue weighted by atomic mass is 10.6. The second kappa shape index (κ2) is 4.90. The Kier molecular flexibility index (Phi) is 4.22. The van der Waals surface area contributed by atoms with Crippen LogP contribution in [0.25, 0.3) is 0 Å². The molecule has 0 spiro atoms. The molecule has 0 saturated carbocycles. The van der Waals surface area contributed by atoms with Gasteiger partial charge < -0.3 is 10.4 Å². The molecule has 9 heavy (non-hydrogen) atoms. The molecule has 0 amide bonds. The number of hydrogen-bond acceptors (Lipinski definition) is 2. The number of rotatable bonds is 4. The Labute approximate surface area is 53.7 Å². The van der Waals surface area contributed by atoms with Gasteiger partial charge in [0.2, 0.25) is 0 Å². The minimum Gasteiger partial charge on any atom is -0.478 e. The van der Waals surface area contributed by atoms with E-state index in [1.807, 2.05) is 0 Å². The van der Waals surface area contributed by atoms with Gasteiger partial charge >= 0.3 is 5.97 Å². The van der Waals surface area contributed by atoms with Crippen molar-refractivity contribution in [1.29, 1.82) is 0 Å². The summed E-state index contributed by atoms with van der Waals surface area (Å²) in [5.74, 6) is -0.952. The quantitative estimate of drug-likeness (QED) is 0.325. The number of carboxylic acid groups (broad SMARTS) is 1. The first-order chi connectivity index (χ1) is 4.27. The topological polar surface area (TPSA) is 49.3 Å². The SMILES string of the molecule is C=CCNC=CC(=O)O. The van der Waals surface area contributed by atoms with E-state index in [4.69, 9.17) is 5.11 Å². The summed E-state index contributed by atoms with van der Waals surface area (Å²) in [6.07, 6.45) is 4.04. The van der Waals surface area contributed by atoms with Crippen molar-refractivity contribution < 1.29 is 9.90 Å². The number of carboxylic acids is 1. The van der Waals surface area contributed by atoms with Crippen LogP contribution >= 0.6 is 0 Å². The molecule has 0 aliphatic rings. The molecule has 2 N–H and O–H groups in total. The molecule has 0 bridgehead atoms. The normalized spacial score (nSPS) is 9.33. The molecule has 0 rings (SSSR count). The van der Waals surface area contributed by atoms with Gasteiger partial charge in [-0.3, -0.25) is 0 Å². The highest BCUT2D eigenvalue weighted by molar-refractivity contribution is 5.79. The number of nitrogens with one attached hydrogen (secondary N) is 1. The fraction of sp³-hybridized carbons (Fsp3) is 0.167. The monoisotopic (exact) mass is 127 g/mol. The van der Waals surface area contributed by atoms with Gasteiger partial charge in [0.15, 0.2) is 0 Å². The van der Waals surface area contributed by atoms with Crippen LogP contribution in [0, 0.1) is 0 Å². The number of hydrogen-bond donors (Lipinski definition) is 2. The Balaban J connectivity index is 3.24. The third-order valence-corrected chi connectivity index (χ3v) is 0.606. The van der Waals surface area contributed by atoms with Gasteiger partial charge in [0.05, 0.1) is 0 Å². The fourth-order valence-corrected chi connectivity index (χ4v) is 0.282. The maximum atomic E-state index is 9.81. The lowest BCUT2D eigenvalue weighted by Crippen LogP contribution is -2.04. The number of carbonyl (C=O) groups is 1. The van der Waals surface area contributed by atoms with Gasteiger partial charge in [-0.1, -0.05) is 6.08 Å². The third-order valence-electron chi connectivity index (χ3n) is 0.606. The molecule has 0 aliphatic heterocycles. The molecule has 0 atom stereocenters. The molecule has 0 aromatic carbocycles. The first-order valence-corrected chi connectivity index (χ1v) is 2.51. The van der Waals surface area contributed by atoms with Gasteiger partial charge in [-0.05, 0) is 0 Å². The van der Waals surface area contributed by atoms with E-state index in [0.29, 0.717) is 6.54 Å². The minimum atomic E-state index is -0.952. The van der Waals surface area contributed by atoms with Crippen LogP contribution in [0.4, 0.5) is 0 Å². The summed E-state index contributed by atoms with van der Waals surface area (Å²) in [7, 11) is 0. The maximum absolute atomic E-state index is 9.81. The van der Waals surface area contributed by atoms with Crippen molar-refractivity contribution in [2.24, 2.45) is 0 Å². The van der Waals surface area contributed by atoms with E-state index in [0.717, 1.165) is 6.08 Å². The van der Waals surface area contributed by atoms with Crippen LogP contribution in [0.5, 0.6) is 0 Å². The molecule has 0 aliphatic carbocycles. The van der Waals surface area contributed by atoms with E-state index in [9.17, 15) is 4.79 Å². The van der Waals surface area contributed by atoms with Gasteiger partial charge in [0.1, 0.15) is 0 Å². The highest BCUT2D eigenvalue weighted by Crippen LogP contribution is 1.67. The molecule has 50 valence electrons. The zero-order valence-electron chi connectivity index (χ0n) is 5.00. The average molecular weight is 127 g/mol. The second-order valence-corrected chi connectivity index (χ2v) is 1.37. The van der Waals surface area contributed by atoms with Crippen LogP contribution in [0.1, 0.15) is 0 Å². The molecule has 0 fully saturated rings. The molecule has 0 aromatic heterocycles. The van der Waals surface area contributed by atoms with Crippen molar-refractivity contribution in [3.63, 3.8) is 0 Å². The van der Waals surface area contributed by atoms with Crippen molar-refractivity contribution in [3.8, 4) is 0 Å². The van der Waals surface area contributed by atoms with E-state index in [2.05, 4.69) is 11.9 Å². The Morgan fingerprint density at radius 3 is 2.89 bits per heavy atom. The Morgan fingerprint density at radius 1 is 1.78 bits per heavy atom. The van der Waals surface area contributed by atoms with Gasteiger partial charge in [0, 0.05) is 18.8 Å². The smallest absolute Gasteiger partial charge is 0.329 e. The molecule has 0 saturated heterocycles. The second-order valence-electron chi connectivity index (χ2n) is 1.37. The van der Waals surface area contributed by atoms with Crippen LogP contribution in [0.15, 0.2) is 24.9 Å². The van der Waals surface area contributed by atoms with Gasteiger partial charge in [-0.25, -0.2) is 4.79 Å². The van der Waals surface area contributed by atoms with Crippen LogP contribution in [0.3, 0.4) is 0 Å². The molecule has 3 heteroatoms. The summed E-state index contributed by atoms with van der Waals surface area (Å²) < 4.78 is 0. The zero-order valence-corrected chi connectivity index (χ0v) is 5.00. The van der Waals surface area contributed by atoms with E-state index in [1.165, 1.54) is 6.20 Å². The summed E-state index contributed by atoms with van der Waals surface area (Å²) in [5.41, 5.74) is 0. The molecule has 0 unspecified atom stereocenters. The summed E-state index contributed by atoms with van der Waals surface area (Å²) in [6.45, 7) is 4.02. The fourth-order valence-electron chi connectivity index (χ4n) is 0.282. The standard InChI is InChI=1S/C6H9NO2/c1-2-4-7-5-3-6(8)9/h2-3,5,7H,1,4H2,(H,8,9). The van der Waals surface area contributed by atoms with Crippen molar-refractivity contribution in [2.45, 2.75) is 0 Å². The molecule has 0 heterocycles. The van der Waals surface area contributed by atoms with Crippen LogP contribution in [-0.4, -0.2) is 17.6 Å². The van der Waals surface area contributed by atoms with Crippen molar-refractivity contribution in [1.82, 2.24) is 5.32 Å². The van der Waals surface area contributed by atoms with E-state index >= 15 is 0 Å². The Morgan fingerprint density at radius 2 is 2.44 bits per heavy atom. The lowest BCUT2D eigenvalue weighted by molar-refractivity contribution is -0.131. The largest absolute Gasteiger partial charge is 0.478 e. The van der Waals surface area contributed by atoms with Crippen LogP contribution < -0.4 is 5.32 Å². The molecule has 3 nitrogen and oxygen atoms in total. The van der Waals surface area contributed by atoms with Crippen LogP contribution in [0.2, 0.25) is 0 Å². The van der Waals surface area contributed by atoms with E-state index in [-0.39, 0.29) is 0 Å². The highest BCUT2D eigenvalue weighted by atomic mass is 16.4. The number of aliphatic carboxylic acids is 1. The van der Waals surface area contributed by atoms with E-state index < -0.39 is 5.97 Å². The summed E-state index contributed by atoms with van der Waals surface area (Å²) in [4.78, 5) is 9.81. The van der Waals surface area contributed by atoms with Crippen molar-refractivity contribution in [2.75, 3.05) is 6.54 Å². The Hall–Kier alpha value is -1.25. The molecular formula is C6H9NO2. The van der Waals surface area contributed by atoms with Gasteiger partial charge in [0.25, 0.3) is 0 Å². The predicted molar refractivity (Wildman–Crippen MR) is 35.0 cm³/mol. The molecular weight excluding hydrogens is 118 g/mol.